The molecular weight excluding hydrogens is 391 g/mol. The van der Waals surface area contributed by atoms with Gasteiger partial charge in [-0.05, 0) is 20.8 Å². The number of nitrogen functional groups attached to an aromatic ring is 1. The monoisotopic (exact) mass is 403 g/mol. The number of nitrogens with two attached hydrogens (primary N) is 1. The van der Waals surface area contributed by atoms with Crippen LogP contribution in [0.25, 0.3) is 11.6 Å². The predicted molar refractivity (Wildman–Crippen MR) is 74.5 cm³/mol. The van der Waals surface area contributed by atoms with Crippen LogP contribution in [0.2, 0.25) is 0 Å². The van der Waals surface area contributed by atoms with Gasteiger partial charge in [-0.3, -0.25) is 0 Å². The van der Waals surface area contributed by atoms with Crippen molar-refractivity contribution in [1.29, 1.82) is 0 Å². The van der Waals surface area contributed by atoms with E-state index < -0.39 is 58.3 Å². The minimum absolute atomic E-state index is 0.750. The molecule has 150 valence electrons. The van der Waals surface area contributed by atoms with Gasteiger partial charge in [0.15, 0.2) is 28.5 Å². The number of aliphatic hydroxyl groups is 1. The lowest BCUT2D eigenvalue weighted by atomic mass is 9.89. The second-order valence-electron chi connectivity index (χ2n) is 6.11. The van der Waals surface area contributed by atoms with Gasteiger partial charge in [0.1, 0.15) is 5.67 Å². The van der Waals surface area contributed by atoms with Gasteiger partial charge in [0.2, 0.25) is 0 Å². The molecule has 0 bridgehead atoms. The Morgan fingerprint density at radius 1 is 0.852 bits per heavy atom. The number of nitrogens with zero attached hydrogens (tertiary/aromatic N) is 4. The first-order valence-corrected chi connectivity index (χ1v) is 7.04. The molecule has 7 nitrogen and oxygen atoms in total. The van der Waals surface area contributed by atoms with Crippen LogP contribution in [-0.4, -0.2) is 30.9 Å². The average Bonchev–Trinajstić information content (AvgIpc) is 2.93. The van der Waals surface area contributed by atoms with Crippen molar-refractivity contribution in [3.8, 4) is 11.6 Å². The second kappa shape index (κ2) is 6.00. The fourth-order valence-electron chi connectivity index (χ4n) is 1.77. The molecule has 2 heterocycles. The van der Waals surface area contributed by atoms with Crippen LogP contribution in [0.3, 0.4) is 0 Å². The van der Waals surface area contributed by atoms with Crippen molar-refractivity contribution in [2.24, 2.45) is 0 Å². The van der Waals surface area contributed by atoms with Gasteiger partial charge in [0, 0.05) is 0 Å². The number of aromatic nitrogens is 4. The molecule has 14 heteroatoms. The van der Waals surface area contributed by atoms with Gasteiger partial charge in [-0.2, -0.15) is 26.3 Å². The van der Waals surface area contributed by atoms with Gasteiger partial charge in [-0.1, -0.05) is 0 Å². The normalized spacial score (nSPS) is 15.7. The summed E-state index contributed by atoms with van der Waals surface area (Å²) in [6.07, 6.45) is -11.0. The highest BCUT2D eigenvalue weighted by atomic mass is 19.4. The first-order valence-electron chi connectivity index (χ1n) is 7.04. The van der Waals surface area contributed by atoms with Gasteiger partial charge >= 0.3 is 12.4 Å². The summed E-state index contributed by atoms with van der Waals surface area (Å²) in [6.45, 7) is 2.88. The Kier molecular flexibility index (Phi) is 4.62. The fraction of sp³-hybridized carbons (Fsp3) is 0.538. The molecule has 2 aromatic heterocycles. The minimum Gasteiger partial charge on any atom is -0.416 e. The molecule has 0 aromatic carbocycles. The Bertz CT molecular complexity index is 852. The maximum Gasteiger partial charge on any atom is 0.435 e. The second-order valence-corrected chi connectivity index (χ2v) is 6.11. The van der Waals surface area contributed by atoms with Crippen molar-refractivity contribution in [3.05, 3.63) is 17.3 Å². The molecule has 1 atom stereocenters. The molecule has 0 radical (unpaired) electrons. The molecule has 0 spiro atoms. The van der Waals surface area contributed by atoms with E-state index in [0.29, 0.717) is 0 Å². The lowest BCUT2D eigenvalue weighted by Gasteiger charge is -2.29. The molecular formula is C13H12F7N5O2. The maximum absolute atomic E-state index is 14.0. The van der Waals surface area contributed by atoms with Crippen LogP contribution in [0.4, 0.5) is 36.6 Å². The van der Waals surface area contributed by atoms with Crippen LogP contribution >= 0.6 is 0 Å². The van der Waals surface area contributed by atoms with Crippen molar-refractivity contribution in [1.82, 2.24) is 20.2 Å². The average molecular weight is 403 g/mol. The molecule has 0 aliphatic heterocycles. The fourth-order valence-corrected chi connectivity index (χ4v) is 1.77. The molecule has 0 saturated carbocycles. The Hall–Kier alpha value is -2.51. The molecule has 3 N–H and O–H groups in total. The molecule has 0 aliphatic rings. The molecule has 2 rings (SSSR count). The van der Waals surface area contributed by atoms with Crippen LogP contribution < -0.4 is 5.73 Å². The highest BCUT2D eigenvalue weighted by molar-refractivity contribution is 5.62. The summed E-state index contributed by atoms with van der Waals surface area (Å²) in [5, 5.41) is 16.7. The molecule has 0 aliphatic carbocycles. The third-order valence-corrected chi connectivity index (χ3v) is 3.66. The molecule has 0 amide bonds. The first-order chi connectivity index (χ1) is 12.0. The van der Waals surface area contributed by atoms with E-state index in [4.69, 9.17) is 10.2 Å². The van der Waals surface area contributed by atoms with Gasteiger partial charge in [-0.15, -0.1) is 10.2 Å². The summed E-state index contributed by atoms with van der Waals surface area (Å²) in [7, 11) is 0. The highest BCUT2D eigenvalue weighted by Crippen LogP contribution is 2.41. The molecule has 0 fully saturated rings. The lowest BCUT2D eigenvalue weighted by molar-refractivity contribution is -0.167. The van der Waals surface area contributed by atoms with E-state index in [-0.39, 0.29) is 0 Å². The molecule has 27 heavy (non-hydrogen) atoms. The predicted octanol–water partition coefficient (Wildman–Crippen LogP) is 3.10. The smallest absolute Gasteiger partial charge is 0.416 e. The first kappa shape index (κ1) is 20.8. The quantitative estimate of drug-likeness (QED) is 0.758. The SMILES string of the molecule is CC(C)(F)C(C)(O)c1nnc(-c2nc(C(F)(F)F)c(C(F)(F)F)nc2N)o1. The number of hydrogen-bond donors (Lipinski definition) is 2. The number of alkyl halides is 7. The van der Waals surface area contributed by atoms with E-state index in [1.54, 1.807) is 0 Å². The van der Waals surface area contributed by atoms with Crippen molar-refractivity contribution in [3.63, 3.8) is 0 Å². The van der Waals surface area contributed by atoms with Crippen molar-refractivity contribution >= 4 is 5.82 Å². The lowest BCUT2D eigenvalue weighted by Crippen LogP contribution is -2.41. The number of rotatable bonds is 3. The van der Waals surface area contributed by atoms with Crippen molar-refractivity contribution < 1.29 is 40.3 Å². The minimum atomic E-state index is -5.52. The topological polar surface area (TPSA) is 111 Å². The third kappa shape index (κ3) is 3.79. The number of halogens is 7. The van der Waals surface area contributed by atoms with Gasteiger partial charge < -0.3 is 15.3 Å². The summed E-state index contributed by atoms with van der Waals surface area (Å²) in [5.74, 6) is -2.71. The number of hydrogen-bond acceptors (Lipinski definition) is 7. The van der Waals surface area contributed by atoms with Crippen molar-refractivity contribution in [2.45, 2.75) is 44.4 Å². The Balaban J connectivity index is 2.65. The van der Waals surface area contributed by atoms with E-state index in [2.05, 4.69) is 20.2 Å². The van der Waals surface area contributed by atoms with Crippen LogP contribution in [0.1, 0.15) is 38.0 Å². The number of anilines is 1. The van der Waals surface area contributed by atoms with Gasteiger partial charge in [0.05, 0.1) is 0 Å². The standard InChI is InChI=1S/C13H12F7N5O2/c1-10(2,14)11(3,26)9-25-24-8(27-9)4-7(21)23-6(13(18,19)20)5(22-4)12(15,16)17/h26H,1-3H3,(H2,21,23). The summed E-state index contributed by atoms with van der Waals surface area (Å²) in [6, 6.07) is 0. The van der Waals surface area contributed by atoms with Crippen LogP contribution in [0.15, 0.2) is 4.42 Å². The van der Waals surface area contributed by atoms with Crippen LogP contribution in [-0.2, 0) is 18.0 Å². The van der Waals surface area contributed by atoms with Gasteiger partial charge in [-0.25, -0.2) is 14.4 Å². The highest BCUT2D eigenvalue weighted by Gasteiger charge is 2.48. The Morgan fingerprint density at radius 2 is 1.33 bits per heavy atom. The Morgan fingerprint density at radius 3 is 1.78 bits per heavy atom. The maximum atomic E-state index is 14.0. The molecule has 2 aromatic rings. The largest absolute Gasteiger partial charge is 0.435 e. The van der Waals surface area contributed by atoms with E-state index in [9.17, 15) is 35.8 Å². The third-order valence-electron chi connectivity index (χ3n) is 3.66. The van der Waals surface area contributed by atoms with E-state index in [1.807, 2.05) is 0 Å². The van der Waals surface area contributed by atoms with Crippen molar-refractivity contribution in [2.75, 3.05) is 5.73 Å². The van der Waals surface area contributed by atoms with Crippen LogP contribution in [0, 0.1) is 0 Å². The molecule has 0 saturated heterocycles. The summed E-state index contributed by atoms with van der Waals surface area (Å²) < 4.78 is 96.2. The summed E-state index contributed by atoms with van der Waals surface area (Å²) >= 11 is 0. The summed E-state index contributed by atoms with van der Waals surface area (Å²) in [4.78, 5) is 5.55. The van der Waals surface area contributed by atoms with E-state index in [1.165, 1.54) is 0 Å². The zero-order chi connectivity index (χ0) is 21.0. The molecule has 1 unspecified atom stereocenters. The van der Waals surface area contributed by atoms with Gasteiger partial charge in [0.25, 0.3) is 11.8 Å². The zero-order valence-electron chi connectivity index (χ0n) is 13.9. The van der Waals surface area contributed by atoms with E-state index in [0.717, 1.165) is 20.8 Å². The van der Waals surface area contributed by atoms with E-state index >= 15 is 0 Å². The van der Waals surface area contributed by atoms with Crippen LogP contribution in [0.5, 0.6) is 0 Å². The summed E-state index contributed by atoms with van der Waals surface area (Å²) in [5.41, 5.74) is -5.12. The Labute approximate surface area is 146 Å². The zero-order valence-corrected chi connectivity index (χ0v) is 13.9.